The molecule has 7 nitrogen and oxygen atoms in total. The summed E-state index contributed by atoms with van der Waals surface area (Å²) in [7, 11) is 0. The highest BCUT2D eigenvalue weighted by Crippen LogP contribution is 2.08. The molecule has 0 aliphatic heterocycles. The number of carbonyl (C=O) groups is 1. The van der Waals surface area contributed by atoms with Crippen molar-refractivity contribution in [2.45, 2.75) is 36.9 Å². The molecular formula is C9H18NO6. The second-order valence-electron chi connectivity index (χ2n) is 3.47. The predicted octanol–water partition coefficient (Wildman–Crippen LogP) is -3.46. The lowest BCUT2D eigenvalue weighted by Gasteiger charge is -2.25. The number of aliphatic hydroxyl groups excluding tert-OH is 5. The van der Waals surface area contributed by atoms with Crippen LogP contribution in [0.3, 0.4) is 0 Å². The number of Topliss-reactive ketones (excluding diaryl/α,β-unsaturated/α-hetero) is 1. The minimum Gasteiger partial charge on any atom is -0.394 e. The van der Waals surface area contributed by atoms with E-state index in [1.54, 1.807) is 0 Å². The van der Waals surface area contributed by atoms with Crippen molar-refractivity contribution < 1.29 is 30.3 Å². The van der Waals surface area contributed by atoms with Crippen LogP contribution in [0.25, 0.3) is 0 Å². The van der Waals surface area contributed by atoms with Crippen molar-refractivity contribution in [1.29, 1.82) is 0 Å². The van der Waals surface area contributed by atoms with Gasteiger partial charge in [-0.3, -0.25) is 4.79 Å². The van der Waals surface area contributed by atoms with Gasteiger partial charge in [0.2, 0.25) is 0 Å². The zero-order chi connectivity index (χ0) is 12.9. The first kappa shape index (κ1) is 15.4. The maximum atomic E-state index is 11.3. The molecule has 0 rings (SSSR count). The first-order chi connectivity index (χ1) is 7.36. The van der Waals surface area contributed by atoms with E-state index in [-0.39, 0.29) is 6.42 Å². The molecule has 0 spiro atoms. The van der Waals surface area contributed by atoms with Gasteiger partial charge in [-0.25, -0.2) is 0 Å². The molecule has 0 saturated heterocycles. The van der Waals surface area contributed by atoms with Crippen molar-refractivity contribution >= 4 is 5.78 Å². The number of hydrogen-bond acceptors (Lipinski definition) is 7. The molecule has 0 aromatic carbocycles. The summed E-state index contributed by atoms with van der Waals surface area (Å²) in [5.74, 6) is -0.883. The zero-order valence-electron chi connectivity index (χ0n) is 8.73. The van der Waals surface area contributed by atoms with E-state index in [2.05, 4.69) is 6.92 Å². The third-order valence-corrected chi connectivity index (χ3v) is 2.22. The summed E-state index contributed by atoms with van der Waals surface area (Å²) in [6, 6.07) is -1.05. The van der Waals surface area contributed by atoms with Crippen LogP contribution in [0.15, 0.2) is 0 Å². The quantitative estimate of drug-likeness (QED) is 0.269. The highest BCUT2D eigenvalue weighted by atomic mass is 16.4. The molecule has 1 radical (unpaired) electrons. The zero-order valence-corrected chi connectivity index (χ0v) is 8.73. The number of nitrogens with two attached hydrogens (primary N) is 1. The van der Waals surface area contributed by atoms with Crippen molar-refractivity contribution in [3.8, 4) is 0 Å². The molecule has 0 saturated carbocycles. The van der Waals surface area contributed by atoms with E-state index >= 15 is 0 Å². The molecule has 0 aliphatic carbocycles. The largest absolute Gasteiger partial charge is 0.394 e. The van der Waals surface area contributed by atoms with Crippen LogP contribution in [0, 0.1) is 6.92 Å². The number of carbonyl (C=O) groups excluding carboxylic acids is 1. The molecule has 7 heteroatoms. The maximum Gasteiger partial charge on any atom is 0.180 e. The van der Waals surface area contributed by atoms with Gasteiger partial charge in [0.15, 0.2) is 5.78 Å². The Bertz CT molecular complexity index is 224. The van der Waals surface area contributed by atoms with Gasteiger partial charge in [0.25, 0.3) is 0 Å². The molecule has 16 heavy (non-hydrogen) atoms. The highest BCUT2D eigenvalue weighted by molar-refractivity contribution is 5.88. The molecule has 7 N–H and O–H groups in total. The van der Waals surface area contributed by atoms with Crippen molar-refractivity contribution in [3.63, 3.8) is 0 Å². The van der Waals surface area contributed by atoms with Crippen LogP contribution in [0.2, 0.25) is 0 Å². The monoisotopic (exact) mass is 236 g/mol. The molecule has 0 aromatic rings. The summed E-state index contributed by atoms with van der Waals surface area (Å²) in [6.45, 7) is 2.55. The molecular weight excluding hydrogens is 218 g/mol. The molecule has 0 aromatic heterocycles. The molecule has 1 unspecified atom stereocenters. The SMILES string of the molecule is [CH2]CC(N)C(=O)[C@@H](O)[C@H](O)[C@@H](O)[C@@H](O)CO. The fourth-order valence-electron chi connectivity index (χ4n) is 1.05. The van der Waals surface area contributed by atoms with Crippen LogP contribution >= 0.6 is 0 Å². The van der Waals surface area contributed by atoms with Gasteiger partial charge in [0.1, 0.15) is 24.4 Å². The third kappa shape index (κ3) is 3.78. The first-order valence-corrected chi connectivity index (χ1v) is 4.78. The predicted molar refractivity (Wildman–Crippen MR) is 54.1 cm³/mol. The van der Waals surface area contributed by atoms with E-state index in [9.17, 15) is 20.1 Å². The Morgan fingerprint density at radius 3 is 2.06 bits per heavy atom. The Morgan fingerprint density at radius 1 is 1.19 bits per heavy atom. The van der Waals surface area contributed by atoms with Crippen molar-refractivity contribution in [1.82, 2.24) is 0 Å². The molecule has 0 fully saturated rings. The Morgan fingerprint density at radius 2 is 1.69 bits per heavy atom. The fraction of sp³-hybridized carbons (Fsp3) is 0.778. The normalized spacial score (nSPS) is 20.9. The average Bonchev–Trinajstić information content (AvgIpc) is 2.32. The Hall–Kier alpha value is -0.570. The summed E-state index contributed by atoms with van der Waals surface area (Å²) in [4.78, 5) is 11.3. The van der Waals surface area contributed by atoms with E-state index in [0.717, 1.165) is 0 Å². The summed E-state index contributed by atoms with van der Waals surface area (Å²) in [5.41, 5.74) is 5.29. The molecule has 5 atom stereocenters. The molecule has 95 valence electrons. The second-order valence-corrected chi connectivity index (χ2v) is 3.47. The lowest BCUT2D eigenvalue weighted by atomic mass is 9.96. The number of rotatable bonds is 7. The van der Waals surface area contributed by atoms with E-state index in [1.807, 2.05) is 0 Å². The summed E-state index contributed by atoms with van der Waals surface area (Å²) < 4.78 is 0. The third-order valence-electron chi connectivity index (χ3n) is 2.22. The fourth-order valence-corrected chi connectivity index (χ4v) is 1.05. The van der Waals surface area contributed by atoms with Crippen LogP contribution < -0.4 is 5.73 Å². The maximum absolute atomic E-state index is 11.3. The van der Waals surface area contributed by atoms with Crippen molar-refractivity contribution in [2.75, 3.05) is 6.61 Å². The standard InChI is InChI=1S/C9H18NO6/c1-2-4(10)6(13)8(15)9(16)7(14)5(12)3-11/h4-5,7-9,11-12,14-16H,1-3,10H2/t4?,5-,7-,8+,9+/m0/s1. The second kappa shape index (κ2) is 6.89. The van der Waals surface area contributed by atoms with Crippen molar-refractivity contribution in [2.24, 2.45) is 5.73 Å². The van der Waals surface area contributed by atoms with Gasteiger partial charge in [-0.1, -0.05) is 6.92 Å². The van der Waals surface area contributed by atoms with Crippen molar-refractivity contribution in [3.05, 3.63) is 6.92 Å². The van der Waals surface area contributed by atoms with E-state index in [0.29, 0.717) is 0 Å². The molecule has 0 bridgehead atoms. The van der Waals surface area contributed by atoms with Gasteiger partial charge in [-0.2, -0.15) is 0 Å². The summed E-state index contributed by atoms with van der Waals surface area (Å²) in [5, 5.41) is 45.4. The van der Waals surface area contributed by atoms with Crippen LogP contribution in [0.5, 0.6) is 0 Å². The lowest BCUT2D eigenvalue weighted by Crippen LogP contribution is -2.52. The van der Waals surface area contributed by atoms with Gasteiger partial charge < -0.3 is 31.3 Å². The molecule has 0 aliphatic rings. The number of aliphatic hydroxyl groups is 5. The van der Waals surface area contributed by atoms with Crippen LogP contribution in [0.1, 0.15) is 6.42 Å². The number of ketones is 1. The average molecular weight is 236 g/mol. The summed E-state index contributed by atoms with van der Waals surface area (Å²) in [6.07, 6.45) is -7.28. The Labute approximate surface area is 93.1 Å². The van der Waals surface area contributed by atoms with E-state index < -0.39 is 42.8 Å². The minimum absolute atomic E-state index is 0.0290. The van der Waals surface area contributed by atoms with E-state index in [4.69, 9.17) is 15.9 Å². The van der Waals surface area contributed by atoms with Gasteiger partial charge in [-0.05, 0) is 6.42 Å². The highest BCUT2D eigenvalue weighted by Gasteiger charge is 2.35. The smallest absolute Gasteiger partial charge is 0.180 e. The van der Waals surface area contributed by atoms with Gasteiger partial charge in [0.05, 0.1) is 12.6 Å². The number of hydrogen-bond donors (Lipinski definition) is 6. The van der Waals surface area contributed by atoms with Gasteiger partial charge in [-0.15, -0.1) is 0 Å². The molecule has 0 heterocycles. The summed E-state index contributed by atoms with van der Waals surface area (Å²) >= 11 is 0. The van der Waals surface area contributed by atoms with Crippen LogP contribution in [-0.2, 0) is 4.79 Å². The van der Waals surface area contributed by atoms with Gasteiger partial charge >= 0.3 is 0 Å². The van der Waals surface area contributed by atoms with E-state index in [1.165, 1.54) is 0 Å². The van der Waals surface area contributed by atoms with Crippen LogP contribution in [0.4, 0.5) is 0 Å². The topological polar surface area (TPSA) is 144 Å². The molecule has 0 amide bonds. The Balaban J connectivity index is 4.48. The Kier molecular flexibility index (Phi) is 6.65. The minimum atomic E-state index is -1.92. The lowest BCUT2D eigenvalue weighted by molar-refractivity contribution is -0.148. The van der Waals surface area contributed by atoms with Crippen LogP contribution in [-0.4, -0.2) is 68.4 Å². The van der Waals surface area contributed by atoms with Gasteiger partial charge in [0, 0.05) is 0 Å². The first-order valence-electron chi connectivity index (χ1n) is 4.78.